The Morgan fingerprint density at radius 3 is 2.28 bits per heavy atom. The quantitative estimate of drug-likeness (QED) is 0.568. The number of aryl methyl sites for hydroxylation is 2. The molecule has 1 heterocycles. The number of nitrogens with zero attached hydrogens (tertiary/aromatic N) is 1. The van der Waals surface area contributed by atoms with Crippen molar-refractivity contribution in [1.82, 2.24) is 4.98 Å². The summed E-state index contributed by atoms with van der Waals surface area (Å²) in [7, 11) is 0. The fourth-order valence-electron chi connectivity index (χ4n) is 2.85. The highest BCUT2D eigenvalue weighted by atomic mass is 16.4. The van der Waals surface area contributed by atoms with Crippen LogP contribution in [0.15, 0.2) is 59.1 Å². The van der Waals surface area contributed by atoms with Crippen molar-refractivity contribution < 1.29 is 14.0 Å². The van der Waals surface area contributed by atoms with Crippen LogP contribution in [0.1, 0.15) is 37.6 Å². The van der Waals surface area contributed by atoms with Crippen LogP contribution >= 0.6 is 0 Å². The topological polar surface area (TPSA) is 84.2 Å². The number of carbonyl (C=O) groups excluding carboxylic acids is 2. The van der Waals surface area contributed by atoms with Crippen molar-refractivity contribution in [3.8, 4) is 11.3 Å². The molecule has 6 nitrogen and oxygen atoms in total. The summed E-state index contributed by atoms with van der Waals surface area (Å²) in [5, 5.41) is 5.66. The van der Waals surface area contributed by atoms with Gasteiger partial charge in [0, 0.05) is 36.2 Å². The van der Waals surface area contributed by atoms with E-state index in [0.29, 0.717) is 35.9 Å². The van der Waals surface area contributed by atoms with Crippen LogP contribution < -0.4 is 10.6 Å². The van der Waals surface area contributed by atoms with Crippen LogP contribution in [0.4, 0.5) is 11.4 Å². The van der Waals surface area contributed by atoms with Gasteiger partial charge in [0.05, 0.1) is 6.20 Å². The fraction of sp³-hybridized carbons (Fsp3) is 0.261. The lowest BCUT2D eigenvalue weighted by Crippen LogP contribution is -2.14. The molecule has 0 saturated heterocycles. The molecule has 6 heteroatoms. The van der Waals surface area contributed by atoms with Gasteiger partial charge in [-0.3, -0.25) is 9.59 Å². The Balaban J connectivity index is 1.53. The number of aromatic nitrogens is 1. The molecular weight excluding hydrogens is 366 g/mol. The first-order valence-corrected chi connectivity index (χ1v) is 9.75. The maximum Gasteiger partial charge on any atom is 0.224 e. The second-order valence-electron chi connectivity index (χ2n) is 6.91. The maximum absolute atomic E-state index is 12.3. The minimum Gasteiger partial charge on any atom is -0.441 e. The molecule has 0 aliphatic heterocycles. The Labute approximate surface area is 170 Å². The van der Waals surface area contributed by atoms with Crippen LogP contribution in [-0.2, 0) is 16.0 Å². The summed E-state index contributed by atoms with van der Waals surface area (Å²) in [6.45, 7) is 3.98. The Morgan fingerprint density at radius 1 is 0.966 bits per heavy atom. The molecule has 0 atom stereocenters. The Morgan fingerprint density at radius 2 is 1.62 bits per heavy atom. The molecule has 150 valence electrons. The molecule has 1 aromatic heterocycles. The Bertz CT molecular complexity index is 977. The zero-order valence-corrected chi connectivity index (χ0v) is 16.7. The van der Waals surface area contributed by atoms with E-state index < -0.39 is 0 Å². The average molecular weight is 391 g/mol. The van der Waals surface area contributed by atoms with Crippen molar-refractivity contribution in [1.29, 1.82) is 0 Å². The first-order chi connectivity index (χ1) is 14.0. The van der Waals surface area contributed by atoms with Gasteiger partial charge in [-0.05, 0) is 31.5 Å². The summed E-state index contributed by atoms with van der Waals surface area (Å²) >= 11 is 0. The summed E-state index contributed by atoms with van der Waals surface area (Å²) in [6, 6.07) is 15.1. The first kappa shape index (κ1) is 20.3. The molecule has 0 spiro atoms. The van der Waals surface area contributed by atoms with Crippen molar-refractivity contribution in [3.05, 3.63) is 66.2 Å². The standard InChI is InChI=1S/C23H25N3O3/c1-3-5-21(27)25-18-6-4-7-19(14-18)26-22(28)12-13-23-24-15-20(29-23)17-10-8-16(2)9-11-17/h4,6-11,14-15H,3,5,12-13H2,1-2H3,(H,25,27)(H,26,28). The van der Waals surface area contributed by atoms with Crippen molar-refractivity contribution in [2.45, 2.75) is 39.5 Å². The fourth-order valence-corrected chi connectivity index (χ4v) is 2.85. The van der Waals surface area contributed by atoms with Crippen LogP contribution in [0.25, 0.3) is 11.3 Å². The van der Waals surface area contributed by atoms with Gasteiger partial charge in [-0.15, -0.1) is 0 Å². The molecule has 2 amide bonds. The predicted octanol–water partition coefficient (Wildman–Crippen LogP) is 4.96. The molecule has 2 N–H and O–H groups in total. The Kier molecular flexibility index (Phi) is 6.79. The molecule has 0 aliphatic carbocycles. The van der Waals surface area contributed by atoms with Gasteiger partial charge in [-0.1, -0.05) is 42.8 Å². The zero-order valence-electron chi connectivity index (χ0n) is 16.7. The van der Waals surface area contributed by atoms with E-state index in [9.17, 15) is 9.59 Å². The highest BCUT2D eigenvalue weighted by Gasteiger charge is 2.10. The molecule has 0 aliphatic rings. The van der Waals surface area contributed by atoms with E-state index in [1.807, 2.05) is 38.1 Å². The molecule has 0 saturated carbocycles. The number of amides is 2. The number of rotatable bonds is 8. The van der Waals surface area contributed by atoms with Crippen molar-refractivity contribution in [3.63, 3.8) is 0 Å². The third-order valence-electron chi connectivity index (χ3n) is 4.36. The van der Waals surface area contributed by atoms with Crippen LogP contribution in [0.3, 0.4) is 0 Å². The second kappa shape index (κ2) is 9.68. The summed E-state index contributed by atoms with van der Waals surface area (Å²) in [5.41, 5.74) is 3.44. The number of nitrogens with one attached hydrogen (secondary N) is 2. The third-order valence-corrected chi connectivity index (χ3v) is 4.36. The van der Waals surface area contributed by atoms with E-state index in [1.165, 1.54) is 5.56 Å². The lowest BCUT2D eigenvalue weighted by molar-refractivity contribution is -0.117. The van der Waals surface area contributed by atoms with Gasteiger partial charge in [0.25, 0.3) is 0 Å². The molecule has 0 bridgehead atoms. The van der Waals surface area contributed by atoms with Crippen LogP contribution in [-0.4, -0.2) is 16.8 Å². The van der Waals surface area contributed by atoms with E-state index in [4.69, 9.17) is 4.42 Å². The zero-order chi connectivity index (χ0) is 20.6. The van der Waals surface area contributed by atoms with Crippen LogP contribution in [0.2, 0.25) is 0 Å². The van der Waals surface area contributed by atoms with E-state index in [1.54, 1.807) is 30.5 Å². The van der Waals surface area contributed by atoms with Gasteiger partial charge < -0.3 is 15.1 Å². The molecule has 0 radical (unpaired) electrons. The smallest absolute Gasteiger partial charge is 0.224 e. The molecule has 29 heavy (non-hydrogen) atoms. The van der Waals surface area contributed by atoms with Gasteiger partial charge in [-0.25, -0.2) is 4.98 Å². The summed E-state index contributed by atoms with van der Waals surface area (Å²) < 4.78 is 5.76. The minimum atomic E-state index is -0.142. The van der Waals surface area contributed by atoms with Crippen molar-refractivity contribution in [2.24, 2.45) is 0 Å². The van der Waals surface area contributed by atoms with Gasteiger partial charge in [0.2, 0.25) is 11.8 Å². The number of oxazole rings is 1. The Hall–Kier alpha value is -3.41. The van der Waals surface area contributed by atoms with Gasteiger partial charge in [0.15, 0.2) is 11.7 Å². The van der Waals surface area contributed by atoms with E-state index in [-0.39, 0.29) is 18.2 Å². The average Bonchev–Trinajstić information content (AvgIpc) is 3.16. The largest absolute Gasteiger partial charge is 0.441 e. The van der Waals surface area contributed by atoms with Gasteiger partial charge in [-0.2, -0.15) is 0 Å². The normalized spacial score (nSPS) is 10.6. The highest BCUT2D eigenvalue weighted by molar-refractivity contribution is 5.94. The summed E-state index contributed by atoms with van der Waals surface area (Å²) in [4.78, 5) is 28.2. The summed E-state index contributed by atoms with van der Waals surface area (Å²) in [6.07, 6.45) is 3.59. The predicted molar refractivity (Wildman–Crippen MR) is 114 cm³/mol. The lowest BCUT2D eigenvalue weighted by atomic mass is 10.1. The first-order valence-electron chi connectivity index (χ1n) is 9.75. The van der Waals surface area contributed by atoms with Crippen molar-refractivity contribution in [2.75, 3.05) is 10.6 Å². The number of hydrogen-bond donors (Lipinski definition) is 2. The van der Waals surface area contributed by atoms with Crippen molar-refractivity contribution >= 4 is 23.2 Å². The minimum absolute atomic E-state index is 0.0377. The van der Waals surface area contributed by atoms with Gasteiger partial charge in [0.1, 0.15) is 0 Å². The van der Waals surface area contributed by atoms with E-state index in [2.05, 4.69) is 15.6 Å². The van der Waals surface area contributed by atoms with E-state index >= 15 is 0 Å². The SMILES string of the molecule is CCCC(=O)Nc1cccc(NC(=O)CCc2ncc(-c3ccc(C)cc3)o2)c1. The number of carbonyl (C=O) groups is 2. The lowest BCUT2D eigenvalue weighted by Gasteiger charge is -2.08. The molecule has 0 fully saturated rings. The summed E-state index contributed by atoms with van der Waals surface area (Å²) in [5.74, 6) is 1.04. The van der Waals surface area contributed by atoms with Gasteiger partial charge >= 0.3 is 0 Å². The monoisotopic (exact) mass is 391 g/mol. The van der Waals surface area contributed by atoms with Crippen LogP contribution in [0, 0.1) is 6.92 Å². The number of benzene rings is 2. The molecule has 3 rings (SSSR count). The highest BCUT2D eigenvalue weighted by Crippen LogP contribution is 2.21. The number of anilines is 2. The van der Waals surface area contributed by atoms with E-state index in [0.717, 1.165) is 12.0 Å². The maximum atomic E-state index is 12.3. The molecule has 3 aromatic rings. The number of hydrogen-bond acceptors (Lipinski definition) is 4. The molecule has 2 aromatic carbocycles. The molecule has 0 unspecified atom stereocenters. The third kappa shape index (κ3) is 6.04. The van der Waals surface area contributed by atoms with Crippen LogP contribution in [0.5, 0.6) is 0 Å². The molecular formula is C23H25N3O3. The second-order valence-corrected chi connectivity index (χ2v) is 6.91.